The van der Waals surface area contributed by atoms with Crippen molar-refractivity contribution < 1.29 is 0 Å². The first-order valence-electron chi connectivity index (χ1n) is 5.02. The number of aryl methyl sites for hydroxylation is 2. The van der Waals surface area contributed by atoms with Crippen molar-refractivity contribution in [2.75, 3.05) is 0 Å². The van der Waals surface area contributed by atoms with Gasteiger partial charge < -0.3 is 0 Å². The standard InChI is InChI=1S/C12H19ClSi/c1-8-7-9(2)12(14(5,6)13)11(4)10(8)3/h7H,1-6H3. The average Bonchev–Trinajstić information content (AvgIpc) is 1.97. The van der Waals surface area contributed by atoms with E-state index < -0.39 is 7.38 Å². The molecule has 0 aliphatic carbocycles. The van der Waals surface area contributed by atoms with Crippen LogP contribution in [0.1, 0.15) is 22.3 Å². The number of hydrogen-bond acceptors (Lipinski definition) is 0. The Bertz CT molecular complexity index is 362. The molecule has 0 nitrogen and oxygen atoms in total. The minimum atomic E-state index is -1.70. The van der Waals surface area contributed by atoms with E-state index in [1.54, 1.807) is 0 Å². The Morgan fingerprint density at radius 2 is 1.43 bits per heavy atom. The fourth-order valence-corrected chi connectivity index (χ4v) is 5.16. The van der Waals surface area contributed by atoms with Crippen LogP contribution in [0.2, 0.25) is 13.1 Å². The SMILES string of the molecule is Cc1cc(C)c([Si](C)(C)Cl)c(C)c1C. The van der Waals surface area contributed by atoms with Gasteiger partial charge in [-0.05, 0) is 49.6 Å². The van der Waals surface area contributed by atoms with Crippen molar-refractivity contribution in [1.29, 1.82) is 0 Å². The molecule has 14 heavy (non-hydrogen) atoms. The molecule has 0 atom stereocenters. The van der Waals surface area contributed by atoms with Crippen LogP contribution in [0.5, 0.6) is 0 Å². The number of halogens is 1. The van der Waals surface area contributed by atoms with Crippen LogP contribution >= 0.6 is 11.1 Å². The molecule has 0 aromatic heterocycles. The zero-order valence-corrected chi connectivity index (χ0v) is 11.7. The summed E-state index contributed by atoms with van der Waals surface area (Å²) in [6.07, 6.45) is 0. The van der Waals surface area contributed by atoms with E-state index in [-0.39, 0.29) is 0 Å². The van der Waals surface area contributed by atoms with E-state index in [1.165, 1.54) is 27.4 Å². The Balaban J connectivity index is 3.53. The Kier molecular flexibility index (Phi) is 3.12. The van der Waals surface area contributed by atoms with Gasteiger partial charge in [0.05, 0.1) is 0 Å². The normalized spacial score (nSPS) is 11.9. The van der Waals surface area contributed by atoms with E-state index in [9.17, 15) is 0 Å². The van der Waals surface area contributed by atoms with E-state index in [2.05, 4.69) is 46.9 Å². The van der Waals surface area contributed by atoms with Gasteiger partial charge in [0, 0.05) is 0 Å². The van der Waals surface area contributed by atoms with Crippen molar-refractivity contribution in [1.82, 2.24) is 0 Å². The van der Waals surface area contributed by atoms with Crippen LogP contribution < -0.4 is 5.19 Å². The Hall–Kier alpha value is -0.273. The maximum Gasteiger partial charge on any atom is 0.181 e. The molecule has 0 unspecified atom stereocenters. The molecule has 1 rings (SSSR count). The predicted molar refractivity (Wildman–Crippen MR) is 68.4 cm³/mol. The predicted octanol–water partition coefficient (Wildman–Crippen LogP) is 3.57. The molecule has 0 saturated carbocycles. The van der Waals surface area contributed by atoms with Crippen LogP contribution in [0.15, 0.2) is 6.07 Å². The summed E-state index contributed by atoms with van der Waals surface area (Å²) >= 11 is 6.53. The van der Waals surface area contributed by atoms with E-state index in [0.717, 1.165) is 0 Å². The van der Waals surface area contributed by atoms with Crippen molar-refractivity contribution >= 4 is 23.6 Å². The molecule has 1 aromatic rings. The third-order valence-corrected chi connectivity index (χ3v) is 5.48. The third kappa shape index (κ3) is 2.04. The van der Waals surface area contributed by atoms with Gasteiger partial charge in [-0.3, -0.25) is 0 Å². The number of rotatable bonds is 1. The summed E-state index contributed by atoms with van der Waals surface area (Å²) in [7, 11) is -1.70. The molecule has 2 heteroatoms. The van der Waals surface area contributed by atoms with E-state index in [1.807, 2.05) is 0 Å². The second-order valence-electron chi connectivity index (χ2n) is 4.61. The topological polar surface area (TPSA) is 0 Å². The highest BCUT2D eigenvalue weighted by molar-refractivity contribution is 7.26. The maximum atomic E-state index is 6.53. The minimum absolute atomic E-state index is 1.36. The quantitative estimate of drug-likeness (QED) is 0.508. The molecule has 0 aliphatic heterocycles. The second kappa shape index (κ2) is 3.71. The lowest BCUT2D eigenvalue weighted by atomic mass is 10.0. The van der Waals surface area contributed by atoms with Crippen LogP contribution in [-0.4, -0.2) is 7.38 Å². The molecule has 0 aliphatic rings. The van der Waals surface area contributed by atoms with Gasteiger partial charge in [0.1, 0.15) is 0 Å². The summed E-state index contributed by atoms with van der Waals surface area (Å²) in [4.78, 5) is 0. The van der Waals surface area contributed by atoms with Crippen molar-refractivity contribution in [3.63, 3.8) is 0 Å². The van der Waals surface area contributed by atoms with Gasteiger partial charge in [-0.1, -0.05) is 24.7 Å². The smallest absolute Gasteiger partial charge is 0.161 e. The first-order valence-corrected chi connectivity index (χ1v) is 9.03. The highest BCUT2D eigenvalue weighted by Crippen LogP contribution is 2.19. The lowest BCUT2D eigenvalue weighted by Gasteiger charge is -2.22. The fraction of sp³-hybridized carbons (Fsp3) is 0.500. The molecule has 0 N–H and O–H groups in total. The highest BCUT2D eigenvalue weighted by atomic mass is 35.6. The summed E-state index contributed by atoms with van der Waals surface area (Å²) in [5.41, 5.74) is 5.52. The van der Waals surface area contributed by atoms with Crippen LogP contribution in [0.25, 0.3) is 0 Å². The van der Waals surface area contributed by atoms with Gasteiger partial charge in [-0.25, -0.2) is 0 Å². The van der Waals surface area contributed by atoms with Crippen molar-refractivity contribution in [3.8, 4) is 0 Å². The Morgan fingerprint density at radius 3 is 1.86 bits per heavy atom. The molecular weight excluding hydrogens is 208 g/mol. The Morgan fingerprint density at radius 1 is 0.929 bits per heavy atom. The molecule has 0 saturated heterocycles. The Labute approximate surface area is 93.0 Å². The third-order valence-electron chi connectivity index (χ3n) is 2.95. The molecule has 1 aromatic carbocycles. The van der Waals surface area contributed by atoms with Crippen LogP contribution in [0, 0.1) is 27.7 Å². The highest BCUT2D eigenvalue weighted by Gasteiger charge is 2.25. The molecule has 0 bridgehead atoms. The molecule has 0 radical (unpaired) electrons. The summed E-state index contributed by atoms with van der Waals surface area (Å²) in [5.74, 6) is 0. The second-order valence-corrected chi connectivity index (χ2v) is 10.9. The van der Waals surface area contributed by atoms with Gasteiger partial charge in [-0.2, -0.15) is 11.1 Å². The van der Waals surface area contributed by atoms with Crippen LogP contribution in [-0.2, 0) is 0 Å². The zero-order valence-electron chi connectivity index (χ0n) is 9.96. The largest absolute Gasteiger partial charge is 0.181 e. The number of hydrogen-bond donors (Lipinski definition) is 0. The van der Waals surface area contributed by atoms with Gasteiger partial charge in [0.2, 0.25) is 0 Å². The van der Waals surface area contributed by atoms with Crippen LogP contribution in [0.3, 0.4) is 0 Å². The molecule has 78 valence electrons. The summed E-state index contributed by atoms with van der Waals surface area (Å²) in [5, 5.41) is 1.42. The lowest BCUT2D eigenvalue weighted by molar-refractivity contribution is 1.25. The molecule has 0 fully saturated rings. The monoisotopic (exact) mass is 226 g/mol. The number of benzene rings is 1. The van der Waals surface area contributed by atoms with Crippen LogP contribution in [0.4, 0.5) is 0 Å². The van der Waals surface area contributed by atoms with E-state index >= 15 is 0 Å². The molecule has 0 heterocycles. The molecule has 0 amide bonds. The molecule has 0 spiro atoms. The van der Waals surface area contributed by atoms with Crippen molar-refractivity contribution in [3.05, 3.63) is 28.3 Å². The van der Waals surface area contributed by atoms with E-state index in [4.69, 9.17) is 11.1 Å². The van der Waals surface area contributed by atoms with Gasteiger partial charge >= 0.3 is 0 Å². The summed E-state index contributed by atoms with van der Waals surface area (Å²) in [6, 6.07) is 2.26. The summed E-state index contributed by atoms with van der Waals surface area (Å²) < 4.78 is 0. The molecular formula is C12H19ClSi. The fourth-order valence-electron chi connectivity index (χ4n) is 2.20. The van der Waals surface area contributed by atoms with Gasteiger partial charge in [0.15, 0.2) is 7.38 Å². The maximum absolute atomic E-state index is 6.53. The lowest BCUT2D eigenvalue weighted by Crippen LogP contribution is -2.39. The minimum Gasteiger partial charge on any atom is -0.161 e. The van der Waals surface area contributed by atoms with Crippen molar-refractivity contribution in [2.45, 2.75) is 40.8 Å². The van der Waals surface area contributed by atoms with E-state index in [0.29, 0.717) is 0 Å². The van der Waals surface area contributed by atoms with Gasteiger partial charge in [-0.15, -0.1) is 0 Å². The van der Waals surface area contributed by atoms with Gasteiger partial charge in [0.25, 0.3) is 0 Å². The first kappa shape index (κ1) is 11.8. The first-order chi connectivity index (χ1) is 6.25. The average molecular weight is 227 g/mol. The van der Waals surface area contributed by atoms with Crippen molar-refractivity contribution in [2.24, 2.45) is 0 Å². The summed E-state index contributed by atoms with van der Waals surface area (Å²) in [6.45, 7) is 13.1. The zero-order chi connectivity index (χ0) is 11.1.